The number of carbonyl (C=O) groups is 2. The first-order valence-corrected chi connectivity index (χ1v) is 10.4. The average molecular weight is 400 g/mol. The first-order valence-electron chi connectivity index (χ1n) is 10.4. The molecule has 0 saturated heterocycles. The largest absolute Gasteiger partial charge is 0.365 e. The van der Waals surface area contributed by atoms with Crippen LogP contribution in [0.25, 0.3) is 22.2 Å². The minimum Gasteiger partial charge on any atom is -0.365 e. The van der Waals surface area contributed by atoms with Gasteiger partial charge in [-0.1, -0.05) is 24.8 Å². The van der Waals surface area contributed by atoms with Crippen LogP contribution in [0.3, 0.4) is 0 Å². The fraction of sp³-hybridized carbons (Fsp3) is 0.292. The van der Waals surface area contributed by atoms with Crippen molar-refractivity contribution < 1.29 is 9.59 Å². The zero-order valence-electron chi connectivity index (χ0n) is 16.8. The summed E-state index contributed by atoms with van der Waals surface area (Å²) >= 11 is 0. The van der Waals surface area contributed by atoms with E-state index in [9.17, 15) is 9.59 Å². The van der Waals surface area contributed by atoms with Crippen molar-refractivity contribution in [2.75, 3.05) is 6.54 Å². The second-order valence-corrected chi connectivity index (χ2v) is 8.08. The zero-order valence-corrected chi connectivity index (χ0v) is 16.8. The Labute approximate surface area is 174 Å². The number of aryl methyl sites for hydroxylation is 2. The number of primary amides is 1. The Balaban J connectivity index is 1.71. The molecule has 0 spiro atoms. The third kappa shape index (κ3) is 2.83. The molecular formula is C24H24N4O2. The Bertz CT molecular complexity index is 1210. The molecule has 2 aliphatic rings. The molecule has 0 atom stereocenters. The summed E-state index contributed by atoms with van der Waals surface area (Å²) in [4.78, 5) is 34.2. The second kappa shape index (κ2) is 7.13. The van der Waals surface area contributed by atoms with Crippen molar-refractivity contribution in [1.29, 1.82) is 0 Å². The minimum absolute atomic E-state index is 0.0444. The number of amides is 2. The van der Waals surface area contributed by atoms with E-state index in [1.807, 2.05) is 11.0 Å². The van der Waals surface area contributed by atoms with E-state index in [4.69, 9.17) is 10.7 Å². The number of hydrogen-bond donors (Lipinski definition) is 2. The molecule has 0 saturated carbocycles. The van der Waals surface area contributed by atoms with E-state index in [0.29, 0.717) is 18.7 Å². The maximum atomic E-state index is 12.1. The fourth-order valence-electron chi connectivity index (χ4n) is 4.94. The second-order valence-electron chi connectivity index (χ2n) is 8.08. The van der Waals surface area contributed by atoms with E-state index in [-0.39, 0.29) is 5.91 Å². The number of H-pyrrole nitrogens is 1. The Morgan fingerprint density at radius 2 is 2.00 bits per heavy atom. The molecule has 3 N–H and O–H groups in total. The summed E-state index contributed by atoms with van der Waals surface area (Å²) in [5.41, 5.74) is 13.7. The van der Waals surface area contributed by atoms with Crippen molar-refractivity contribution in [3.8, 4) is 11.3 Å². The maximum Gasteiger partial charge on any atom is 0.252 e. The molecule has 1 aliphatic carbocycles. The molecule has 6 nitrogen and oxygen atoms in total. The number of aromatic nitrogens is 2. The molecule has 2 aromatic heterocycles. The number of hydrogen-bond acceptors (Lipinski definition) is 3. The number of benzene rings is 1. The van der Waals surface area contributed by atoms with Gasteiger partial charge in [0.2, 0.25) is 5.91 Å². The third-order valence-electron chi connectivity index (χ3n) is 6.40. The van der Waals surface area contributed by atoms with Gasteiger partial charge in [-0.3, -0.25) is 14.6 Å². The minimum atomic E-state index is -0.466. The molecule has 3 heterocycles. The van der Waals surface area contributed by atoms with Gasteiger partial charge >= 0.3 is 0 Å². The van der Waals surface area contributed by atoms with E-state index < -0.39 is 5.91 Å². The summed E-state index contributed by atoms with van der Waals surface area (Å²) in [6.45, 7) is 4.83. The van der Waals surface area contributed by atoms with Crippen LogP contribution in [0.4, 0.5) is 0 Å². The van der Waals surface area contributed by atoms with Crippen LogP contribution >= 0.6 is 0 Å². The van der Waals surface area contributed by atoms with E-state index >= 15 is 0 Å². The highest BCUT2D eigenvalue weighted by molar-refractivity contribution is 6.09. The van der Waals surface area contributed by atoms with Crippen molar-refractivity contribution in [3.63, 3.8) is 0 Å². The quantitative estimate of drug-likeness (QED) is 0.661. The SMILES string of the molecule is C=CC(=O)N1CCc2c(cccc2-c2ncc(C(N)=O)c3[nH]c4c(c23)CCCC4)C1. The Morgan fingerprint density at radius 3 is 2.80 bits per heavy atom. The van der Waals surface area contributed by atoms with Gasteiger partial charge in [-0.15, -0.1) is 0 Å². The summed E-state index contributed by atoms with van der Waals surface area (Å²) in [5, 5.41) is 1.03. The molecular weight excluding hydrogens is 376 g/mol. The molecule has 0 unspecified atom stereocenters. The predicted molar refractivity (Wildman–Crippen MR) is 116 cm³/mol. The molecule has 0 radical (unpaired) electrons. The summed E-state index contributed by atoms with van der Waals surface area (Å²) in [7, 11) is 0. The van der Waals surface area contributed by atoms with Gasteiger partial charge < -0.3 is 15.6 Å². The number of nitrogens with two attached hydrogens (primary N) is 1. The molecule has 1 aromatic carbocycles. The Hall–Kier alpha value is -3.41. The van der Waals surface area contributed by atoms with E-state index in [1.54, 1.807) is 6.20 Å². The predicted octanol–water partition coefficient (Wildman–Crippen LogP) is 3.28. The lowest BCUT2D eigenvalue weighted by molar-refractivity contribution is -0.126. The third-order valence-corrected chi connectivity index (χ3v) is 6.40. The van der Waals surface area contributed by atoms with Gasteiger partial charge in [0, 0.05) is 35.9 Å². The molecule has 152 valence electrons. The van der Waals surface area contributed by atoms with Gasteiger partial charge in [0.15, 0.2) is 0 Å². The number of nitrogens with one attached hydrogen (secondary N) is 1. The Morgan fingerprint density at radius 1 is 1.17 bits per heavy atom. The normalized spacial score (nSPS) is 15.5. The van der Waals surface area contributed by atoms with Gasteiger partial charge in [0.1, 0.15) is 0 Å². The number of pyridine rings is 1. The van der Waals surface area contributed by atoms with Crippen LogP contribution in [0.1, 0.15) is 45.6 Å². The summed E-state index contributed by atoms with van der Waals surface area (Å²) in [6.07, 6.45) is 7.95. The zero-order chi connectivity index (χ0) is 20.8. The van der Waals surface area contributed by atoms with Crippen molar-refractivity contribution in [3.05, 3.63) is 65.0 Å². The van der Waals surface area contributed by atoms with Gasteiger partial charge in [-0.2, -0.15) is 0 Å². The van der Waals surface area contributed by atoms with Gasteiger partial charge in [-0.05, 0) is 54.9 Å². The number of nitrogens with zero attached hydrogens (tertiary/aromatic N) is 2. The first kappa shape index (κ1) is 18.6. The lowest BCUT2D eigenvalue weighted by atomic mass is 9.89. The summed E-state index contributed by atoms with van der Waals surface area (Å²) in [5.74, 6) is -0.511. The van der Waals surface area contributed by atoms with E-state index in [1.165, 1.54) is 22.9 Å². The smallest absolute Gasteiger partial charge is 0.252 e. The molecule has 30 heavy (non-hydrogen) atoms. The van der Waals surface area contributed by atoms with Crippen molar-refractivity contribution in [1.82, 2.24) is 14.9 Å². The molecule has 5 rings (SSSR count). The van der Waals surface area contributed by atoms with Gasteiger partial charge in [-0.25, -0.2) is 0 Å². The standard InChI is InChI=1S/C24H24N4O2/c1-2-20(29)28-11-10-15-14(13-28)6-5-8-16(15)22-21-17-7-3-4-9-19(17)27-23(21)18(12-26-22)24(25)30/h2,5-6,8,12,27H,1,3-4,7,9-11,13H2,(H2,25,30). The number of aromatic amines is 1. The number of carbonyl (C=O) groups excluding carboxylic acids is 2. The highest BCUT2D eigenvalue weighted by atomic mass is 16.2. The summed E-state index contributed by atoms with van der Waals surface area (Å²) < 4.78 is 0. The van der Waals surface area contributed by atoms with Crippen molar-refractivity contribution >= 4 is 22.7 Å². The average Bonchev–Trinajstić information content (AvgIpc) is 3.16. The van der Waals surface area contributed by atoms with Crippen LogP contribution in [0.15, 0.2) is 37.1 Å². The number of rotatable bonds is 3. The lowest BCUT2D eigenvalue weighted by Crippen LogP contribution is -2.34. The molecule has 6 heteroatoms. The number of fused-ring (bicyclic) bond motifs is 4. The fourth-order valence-corrected chi connectivity index (χ4v) is 4.94. The van der Waals surface area contributed by atoms with E-state index in [0.717, 1.165) is 59.8 Å². The lowest BCUT2D eigenvalue weighted by Gasteiger charge is -2.29. The molecule has 3 aromatic rings. The van der Waals surface area contributed by atoms with Gasteiger partial charge in [0.05, 0.1) is 16.8 Å². The van der Waals surface area contributed by atoms with Crippen LogP contribution < -0.4 is 5.73 Å². The molecule has 0 bridgehead atoms. The van der Waals surface area contributed by atoms with Gasteiger partial charge in [0.25, 0.3) is 5.91 Å². The van der Waals surface area contributed by atoms with Crippen molar-refractivity contribution in [2.45, 2.75) is 38.6 Å². The van der Waals surface area contributed by atoms with Crippen LogP contribution in [-0.4, -0.2) is 33.2 Å². The highest BCUT2D eigenvalue weighted by Gasteiger charge is 2.26. The highest BCUT2D eigenvalue weighted by Crippen LogP contribution is 2.39. The maximum absolute atomic E-state index is 12.1. The topological polar surface area (TPSA) is 92.1 Å². The van der Waals surface area contributed by atoms with Crippen LogP contribution in [0.2, 0.25) is 0 Å². The Kier molecular flexibility index (Phi) is 4.42. The van der Waals surface area contributed by atoms with E-state index in [2.05, 4.69) is 23.7 Å². The first-order chi connectivity index (χ1) is 14.6. The van der Waals surface area contributed by atoms with Crippen LogP contribution in [0.5, 0.6) is 0 Å². The molecule has 1 aliphatic heterocycles. The van der Waals surface area contributed by atoms with Crippen LogP contribution in [0, 0.1) is 0 Å². The summed E-state index contributed by atoms with van der Waals surface area (Å²) in [6, 6.07) is 6.19. The van der Waals surface area contributed by atoms with Crippen molar-refractivity contribution in [2.24, 2.45) is 5.73 Å². The van der Waals surface area contributed by atoms with Crippen LogP contribution in [-0.2, 0) is 30.6 Å². The monoisotopic (exact) mass is 400 g/mol. The molecule has 2 amide bonds. The molecule has 0 fully saturated rings.